The van der Waals surface area contributed by atoms with E-state index >= 15 is 0 Å². The van der Waals surface area contributed by atoms with E-state index in [0.717, 1.165) is 10.0 Å². The lowest BCUT2D eigenvalue weighted by atomic mass is 9.71. The van der Waals surface area contributed by atoms with Crippen molar-refractivity contribution < 1.29 is 17.7 Å². The maximum Gasteiger partial charge on any atom is 0.127 e. The summed E-state index contributed by atoms with van der Waals surface area (Å²) in [5.74, 6) is 0.534. The van der Waals surface area contributed by atoms with Crippen molar-refractivity contribution in [3.63, 3.8) is 0 Å². The average Bonchev–Trinajstić information content (AvgIpc) is 2.73. The normalized spacial score (nSPS) is 26.5. The van der Waals surface area contributed by atoms with Crippen molar-refractivity contribution in [1.82, 2.24) is 0 Å². The standard InChI is InChI=1S/C17H15BrO3/c18-11-4-5-13(20)15-10(11)6-7-17(15)8-9-21-14-3-1-2-12(19)16(14)17/h1-5,19-20H,6-9H2/i7D2. The molecule has 0 radical (unpaired) electrons. The second-order valence-electron chi connectivity index (χ2n) is 5.43. The molecule has 21 heavy (non-hydrogen) atoms. The molecule has 4 heteroatoms. The molecule has 1 aliphatic carbocycles. The smallest absolute Gasteiger partial charge is 0.127 e. The van der Waals surface area contributed by atoms with Gasteiger partial charge >= 0.3 is 0 Å². The Labute approximate surface area is 134 Å². The first-order valence-corrected chi connectivity index (χ1v) is 7.64. The lowest BCUT2D eigenvalue weighted by molar-refractivity contribution is 0.227. The number of halogens is 1. The molecule has 4 rings (SSSR count). The lowest BCUT2D eigenvalue weighted by Gasteiger charge is -2.37. The zero-order valence-corrected chi connectivity index (χ0v) is 12.8. The third-order valence-electron chi connectivity index (χ3n) is 4.39. The van der Waals surface area contributed by atoms with Crippen LogP contribution >= 0.6 is 15.9 Å². The Morgan fingerprint density at radius 1 is 1.14 bits per heavy atom. The van der Waals surface area contributed by atoms with Gasteiger partial charge in [0.25, 0.3) is 0 Å². The van der Waals surface area contributed by atoms with E-state index in [1.165, 1.54) is 0 Å². The second-order valence-corrected chi connectivity index (χ2v) is 6.28. The summed E-state index contributed by atoms with van der Waals surface area (Å²) in [4.78, 5) is 0. The number of benzene rings is 2. The first kappa shape index (κ1) is 11.0. The van der Waals surface area contributed by atoms with Crippen molar-refractivity contribution in [1.29, 1.82) is 0 Å². The molecule has 3 nitrogen and oxygen atoms in total. The molecule has 0 saturated carbocycles. The van der Waals surface area contributed by atoms with E-state index in [4.69, 9.17) is 7.48 Å². The summed E-state index contributed by atoms with van der Waals surface area (Å²) in [6.07, 6.45) is -1.11. The van der Waals surface area contributed by atoms with Crippen LogP contribution in [0.25, 0.3) is 0 Å². The number of fused-ring (bicyclic) bond motifs is 4. The molecule has 2 aromatic carbocycles. The van der Waals surface area contributed by atoms with Gasteiger partial charge in [0.05, 0.1) is 6.61 Å². The maximum atomic E-state index is 10.5. The largest absolute Gasteiger partial charge is 0.508 e. The highest BCUT2D eigenvalue weighted by Gasteiger charge is 2.48. The Morgan fingerprint density at radius 3 is 2.81 bits per heavy atom. The van der Waals surface area contributed by atoms with Gasteiger partial charge in [0.2, 0.25) is 0 Å². The third kappa shape index (κ3) is 1.65. The van der Waals surface area contributed by atoms with Crippen LogP contribution in [0.1, 0.15) is 32.2 Å². The van der Waals surface area contributed by atoms with Crippen LogP contribution in [0.15, 0.2) is 34.8 Å². The highest BCUT2D eigenvalue weighted by molar-refractivity contribution is 9.10. The first-order chi connectivity index (χ1) is 10.9. The molecule has 108 valence electrons. The van der Waals surface area contributed by atoms with Crippen molar-refractivity contribution >= 4 is 15.9 Å². The highest BCUT2D eigenvalue weighted by Crippen LogP contribution is 2.57. The van der Waals surface area contributed by atoms with Gasteiger partial charge in [-0.25, -0.2) is 0 Å². The van der Waals surface area contributed by atoms with Gasteiger partial charge in [-0.05, 0) is 49.0 Å². The zero-order valence-electron chi connectivity index (χ0n) is 13.2. The number of hydrogen-bond acceptors (Lipinski definition) is 3. The van der Waals surface area contributed by atoms with E-state index in [1.807, 2.05) is 0 Å². The summed E-state index contributed by atoms with van der Waals surface area (Å²) in [5, 5.41) is 21.0. The van der Waals surface area contributed by atoms with E-state index in [2.05, 4.69) is 15.9 Å². The Morgan fingerprint density at radius 2 is 1.95 bits per heavy atom. The van der Waals surface area contributed by atoms with Crippen LogP contribution in [0.4, 0.5) is 0 Å². The SMILES string of the molecule is [2H]C1([2H])Cc2c(Br)ccc(O)c2C12CCOc1cccc(O)c12. The van der Waals surface area contributed by atoms with Gasteiger partial charge in [0.1, 0.15) is 17.2 Å². The summed E-state index contributed by atoms with van der Waals surface area (Å²) < 4.78 is 23.8. The second kappa shape index (κ2) is 4.41. The van der Waals surface area contributed by atoms with Crippen LogP contribution < -0.4 is 4.74 Å². The monoisotopic (exact) mass is 348 g/mol. The Kier molecular flexibility index (Phi) is 2.30. The number of hydrogen-bond donors (Lipinski definition) is 2. The Balaban J connectivity index is 2.14. The fourth-order valence-corrected chi connectivity index (χ4v) is 3.99. The minimum atomic E-state index is -1.64. The third-order valence-corrected chi connectivity index (χ3v) is 5.14. The lowest BCUT2D eigenvalue weighted by Crippen LogP contribution is -2.32. The number of rotatable bonds is 0. The average molecular weight is 349 g/mol. The number of ether oxygens (including phenoxy) is 1. The Bertz CT molecular complexity index is 822. The van der Waals surface area contributed by atoms with E-state index in [9.17, 15) is 10.2 Å². The van der Waals surface area contributed by atoms with Gasteiger partial charge in [0.15, 0.2) is 0 Å². The van der Waals surface area contributed by atoms with Gasteiger partial charge < -0.3 is 14.9 Å². The van der Waals surface area contributed by atoms with Crippen LogP contribution in [0.2, 0.25) is 0 Å². The van der Waals surface area contributed by atoms with Crippen molar-refractivity contribution in [2.24, 2.45) is 0 Å². The van der Waals surface area contributed by atoms with Crippen LogP contribution in [0.3, 0.4) is 0 Å². The van der Waals surface area contributed by atoms with Crippen molar-refractivity contribution in [3.8, 4) is 17.2 Å². The van der Waals surface area contributed by atoms with Gasteiger partial charge in [-0.1, -0.05) is 22.0 Å². The molecule has 0 amide bonds. The summed E-state index contributed by atoms with van der Waals surface area (Å²) in [6.45, 7) is 0.335. The molecule has 1 unspecified atom stereocenters. The molecule has 1 aliphatic heterocycles. The van der Waals surface area contributed by atoms with E-state index < -0.39 is 11.8 Å². The van der Waals surface area contributed by atoms with Crippen molar-refractivity contribution in [2.75, 3.05) is 6.61 Å². The first-order valence-electron chi connectivity index (χ1n) is 7.84. The predicted octanol–water partition coefficient (Wildman–Crippen LogP) is 3.88. The molecule has 2 N–H and O–H groups in total. The summed E-state index contributed by atoms with van der Waals surface area (Å²) in [7, 11) is 0. The van der Waals surface area contributed by atoms with Crippen molar-refractivity contribution in [3.05, 3.63) is 51.5 Å². The zero-order chi connectivity index (χ0) is 16.4. The van der Waals surface area contributed by atoms with Gasteiger partial charge in [-0.15, -0.1) is 0 Å². The van der Waals surface area contributed by atoms with Gasteiger partial charge in [-0.3, -0.25) is 0 Å². The summed E-state index contributed by atoms with van der Waals surface area (Å²) >= 11 is 3.47. The molecule has 0 fully saturated rings. The molecule has 1 spiro atoms. The number of phenols is 2. The van der Waals surface area contributed by atoms with Gasteiger partial charge in [0, 0.05) is 23.8 Å². The molecule has 1 heterocycles. The predicted molar refractivity (Wildman–Crippen MR) is 83.1 cm³/mol. The summed E-state index contributed by atoms with van der Waals surface area (Å²) in [5.41, 5.74) is 0.632. The molecule has 0 saturated heterocycles. The fraction of sp³-hybridized carbons (Fsp3) is 0.294. The van der Waals surface area contributed by atoms with Crippen molar-refractivity contribution in [2.45, 2.75) is 24.6 Å². The van der Waals surface area contributed by atoms with Crippen LogP contribution in [-0.4, -0.2) is 16.8 Å². The molecular weight excluding hydrogens is 332 g/mol. The molecule has 2 aliphatic rings. The van der Waals surface area contributed by atoms with Crippen LogP contribution in [0.5, 0.6) is 17.2 Å². The minimum Gasteiger partial charge on any atom is -0.508 e. The fourth-order valence-electron chi connectivity index (χ4n) is 3.52. The minimum absolute atomic E-state index is 0.00157. The van der Waals surface area contributed by atoms with Crippen LogP contribution in [0, 0.1) is 0 Å². The van der Waals surface area contributed by atoms with E-state index in [-0.39, 0.29) is 17.9 Å². The number of phenolic OH excluding ortho intramolecular Hbond substituents is 2. The topological polar surface area (TPSA) is 49.7 Å². The summed E-state index contributed by atoms with van der Waals surface area (Å²) in [6, 6.07) is 8.26. The molecule has 0 bridgehead atoms. The Hall–Kier alpha value is -1.68. The number of aromatic hydroxyl groups is 2. The van der Waals surface area contributed by atoms with Crippen LogP contribution in [-0.2, 0) is 11.8 Å². The maximum absolute atomic E-state index is 10.5. The molecular formula is C17H15BrO3. The molecule has 1 atom stereocenters. The molecule has 2 aromatic rings. The van der Waals surface area contributed by atoms with E-state index in [0.29, 0.717) is 29.9 Å². The quantitative estimate of drug-likeness (QED) is 0.759. The molecule has 0 aromatic heterocycles. The highest BCUT2D eigenvalue weighted by atomic mass is 79.9. The van der Waals surface area contributed by atoms with Gasteiger partial charge in [-0.2, -0.15) is 0 Å². The van der Waals surface area contributed by atoms with E-state index in [1.54, 1.807) is 30.3 Å².